The first-order valence-corrected chi connectivity index (χ1v) is 11.6. The smallest absolute Gasteiger partial charge is 0.287 e. The average molecular weight is 504 g/mol. The Morgan fingerprint density at radius 2 is 1.59 bits per heavy atom. The molecule has 37 heavy (non-hydrogen) atoms. The molecule has 0 aliphatic carbocycles. The van der Waals surface area contributed by atoms with Crippen molar-refractivity contribution in [2.24, 2.45) is 0 Å². The van der Waals surface area contributed by atoms with Crippen molar-refractivity contribution < 1.29 is 27.6 Å². The van der Waals surface area contributed by atoms with Crippen LogP contribution in [0.2, 0.25) is 0 Å². The van der Waals surface area contributed by atoms with E-state index in [0.717, 1.165) is 5.56 Å². The topological polar surface area (TPSA) is 105 Å². The molecule has 190 valence electrons. The summed E-state index contributed by atoms with van der Waals surface area (Å²) in [6.45, 7) is 1.67. The lowest BCUT2D eigenvalue weighted by molar-refractivity contribution is -0.141. The van der Waals surface area contributed by atoms with Crippen molar-refractivity contribution in [2.45, 2.75) is 26.1 Å². The number of nitrogens with one attached hydrogen (secondary N) is 2. The number of halogens is 1. The fraction of sp³-hybridized carbons (Fsp3) is 0.179. The van der Waals surface area contributed by atoms with Crippen LogP contribution in [-0.4, -0.2) is 29.2 Å². The second kappa shape index (κ2) is 11.9. The van der Waals surface area contributed by atoms with Crippen LogP contribution >= 0.6 is 0 Å². The van der Waals surface area contributed by atoms with E-state index in [1.165, 1.54) is 35.6 Å². The molecule has 0 unspecified atom stereocenters. The maximum Gasteiger partial charge on any atom is 0.287 e. The Morgan fingerprint density at radius 3 is 2.24 bits per heavy atom. The molecule has 0 saturated carbocycles. The molecule has 8 nitrogen and oxygen atoms in total. The van der Waals surface area contributed by atoms with Gasteiger partial charge < -0.3 is 24.4 Å². The predicted octanol–water partition coefficient (Wildman–Crippen LogP) is 4.14. The van der Waals surface area contributed by atoms with Crippen molar-refractivity contribution in [3.8, 4) is 0 Å². The summed E-state index contributed by atoms with van der Waals surface area (Å²) in [5.41, 5.74) is 2.18. The van der Waals surface area contributed by atoms with Gasteiger partial charge in [0.15, 0.2) is 5.76 Å². The van der Waals surface area contributed by atoms with Crippen LogP contribution in [0.3, 0.4) is 0 Å². The Bertz CT molecular complexity index is 1320. The third-order valence-electron chi connectivity index (χ3n) is 5.70. The van der Waals surface area contributed by atoms with Crippen molar-refractivity contribution in [3.63, 3.8) is 0 Å². The normalized spacial score (nSPS) is 11.5. The quantitative estimate of drug-likeness (QED) is 0.339. The minimum Gasteiger partial charge on any atom is -0.467 e. The average Bonchev–Trinajstić information content (AvgIpc) is 3.62. The molecule has 9 heteroatoms. The van der Waals surface area contributed by atoms with E-state index in [2.05, 4.69) is 10.6 Å². The Kier molecular flexibility index (Phi) is 8.15. The molecule has 3 amide bonds. The summed E-state index contributed by atoms with van der Waals surface area (Å²) in [5, 5.41) is 5.37. The molecule has 4 rings (SSSR count). The highest BCUT2D eigenvalue weighted by atomic mass is 19.1. The van der Waals surface area contributed by atoms with Crippen molar-refractivity contribution in [2.75, 3.05) is 6.54 Å². The lowest BCUT2D eigenvalue weighted by Crippen LogP contribution is -2.46. The number of furan rings is 2. The molecule has 2 aromatic carbocycles. The van der Waals surface area contributed by atoms with Crippen LogP contribution < -0.4 is 10.6 Å². The van der Waals surface area contributed by atoms with Gasteiger partial charge in [-0.05, 0) is 54.4 Å². The number of aryl methyl sites for hydroxylation is 1. The van der Waals surface area contributed by atoms with E-state index < -0.39 is 29.6 Å². The first-order chi connectivity index (χ1) is 17.9. The van der Waals surface area contributed by atoms with Crippen LogP contribution in [-0.2, 0) is 22.7 Å². The van der Waals surface area contributed by atoms with Gasteiger partial charge in [0.05, 0.1) is 25.6 Å². The molecule has 0 bridgehead atoms. The Labute approximate surface area is 213 Å². The van der Waals surface area contributed by atoms with Gasteiger partial charge in [0.25, 0.3) is 5.91 Å². The third-order valence-corrected chi connectivity index (χ3v) is 5.70. The first-order valence-electron chi connectivity index (χ1n) is 11.6. The van der Waals surface area contributed by atoms with Gasteiger partial charge in [0.2, 0.25) is 11.8 Å². The Morgan fingerprint density at radius 1 is 0.892 bits per heavy atom. The maximum atomic E-state index is 13.5. The van der Waals surface area contributed by atoms with E-state index in [4.69, 9.17) is 8.83 Å². The van der Waals surface area contributed by atoms with Crippen LogP contribution in [0.1, 0.15) is 39.0 Å². The standard InChI is InChI=1S/C28H26FN3O5/c1-19-6-10-21(11-7-19)26(28(35)30-16-23-4-2-14-36-23)32(18-20-8-12-22(29)13-9-20)25(33)17-31-27(34)24-5-3-15-37-24/h2-15,26H,16-18H2,1H3,(H,30,35)(H,31,34)/t26-/m0/s1. The summed E-state index contributed by atoms with van der Waals surface area (Å²) in [6, 6.07) is 18.4. The largest absolute Gasteiger partial charge is 0.467 e. The summed E-state index contributed by atoms with van der Waals surface area (Å²) in [7, 11) is 0. The monoisotopic (exact) mass is 503 g/mol. The van der Waals surface area contributed by atoms with Gasteiger partial charge >= 0.3 is 0 Å². The van der Waals surface area contributed by atoms with Crippen LogP contribution in [0, 0.1) is 12.7 Å². The highest BCUT2D eigenvalue weighted by molar-refractivity contribution is 5.95. The number of carbonyl (C=O) groups is 3. The maximum absolute atomic E-state index is 13.5. The molecule has 2 N–H and O–H groups in total. The Balaban J connectivity index is 1.63. The Hall–Kier alpha value is -4.66. The molecule has 2 aromatic heterocycles. The second-order valence-electron chi connectivity index (χ2n) is 8.42. The molecule has 0 radical (unpaired) electrons. The molecule has 0 fully saturated rings. The number of carbonyl (C=O) groups excluding carboxylic acids is 3. The highest BCUT2D eigenvalue weighted by Gasteiger charge is 2.32. The van der Waals surface area contributed by atoms with E-state index in [1.54, 1.807) is 42.5 Å². The molecule has 0 saturated heterocycles. The van der Waals surface area contributed by atoms with Gasteiger partial charge in [-0.25, -0.2) is 4.39 Å². The molecule has 2 heterocycles. The van der Waals surface area contributed by atoms with Crippen LogP contribution in [0.4, 0.5) is 4.39 Å². The highest BCUT2D eigenvalue weighted by Crippen LogP contribution is 2.25. The summed E-state index contributed by atoms with van der Waals surface area (Å²) in [6.07, 6.45) is 2.86. The van der Waals surface area contributed by atoms with Crippen molar-refractivity contribution in [1.29, 1.82) is 0 Å². The molecular weight excluding hydrogens is 477 g/mol. The number of hydrogen-bond donors (Lipinski definition) is 2. The zero-order valence-electron chi connectivity index (χ0n) is 20.1. The lowest BCUT2D eigenvalue weighted by atomic mass is 10.0. The van der Waals surface area contributed by atoms with Crippen LogP contribution in [0.5, 0.6) is 0 Å². The van der Waals surface area contributed by atoms with Gasteiger partial charge in [0.1, 0.15) is 17.6 Å². The number of rotatable bonds is 10. The van der Waals surface area contributed by atoms with E-state index >= 15 is 0 Å². The van der Waals surface area contributed by atoms with Gasteiger partial charge in [-0.1, -0.05) is 42.0 Å². The van der Waals surface area contributed by atoms with E-state index in [9.17, 15) is 18.8 Å². The number of nitrogens with zero attached hydrogens (tertiary/aromatic N) is 1. The van der Waals surface area contributed by atoms with Gasteiger partial charge in [-0.3, -0.25) is 14.4 Å². The SMILES string of the molecule is Cc1ccc([C@@H](C(=O)NCc2ccco2)N(Cc2ccc(F)cc2)C(=O)CNC(=O)c2ccco2)cc1. The summed E-state index contributed by atoms with van der Waals surface area (Å²) >= 11 is 0. The zero-order chi connectivity index (χ0) is 26.2. The minimum absolute atomic E-state index is 0.00243. The summed E-state index contributed by atoms with van der Waals surface area (Å²) < 4.78 is 23.9. The molecule has 0 aliphatic heterocycles. The van der Waals surface area contributed by atoms with Crippen LogP contribution in [0.25, 0.3) is 0 Å². The molecule has 4 aromatic rings. The predicted molar refractivity (Wildman–Crippen MR) is 132 cm³/mol. The van der Waals surface area contributed by atoms with Crippen molar-refractivity contribution in [3.05, 3.63) is 119 Å². The fourth-order valence-electron chi connectivity index (χ4n) is 3.77. The van der Waals surface area contributed by atoms with Gasteiger partial charge in [0, 0.05) is 6.54 Å². The van der Waals surface area contributed by atoms with Crippen LogP contribution in [0.15, 0.2) is 94.2 Å². The molecule has 1 atom stereocenters. The fourth-order valence-corrected chi connectivity index (χ4v) is 3.77. The number of benzene rings is 2. The minimum atomic E-state index is -1.03. The third kappa shape index (κ3) is 6.72. The molecule has 0 spiro atoms. The van der Waals surface area contributed by atoms with Crippen molar-refractivity contribution >= 4 is 17.7 Å². The second-order valence-corrected chi connectivity index (χ2v) is 8.42. The van der Waals surface area contributed by atoms with E-state index in [1.807, 2.05) is 19.1 Å². The molecular formula is C28H26FN3O5. The summed E-state index contributed by atoms with van der Waals surface area (Å²) in [4.78, 5) is 40.8. The number of hydrogen-bond acceptors (Lipinski definition) is 5. The van der Waals surface area contributed by atoms with E-state index in [-0.39, 0.29) is 25.4 Å². The lowest BCUT2D eigenvalue weighted by Gasteiger charge is -2.31. The summed E-state index contributed by atoms with van der Waals surface area (Å²) in [5.74, 6) is -1.31. The zero-order valence-corrected chi connectivity index (χ0v) is 20.1. The van der Waals surface area contributed by atoms with E-state index in [0.29, 0.717) is 16.9 Å². The first kappa shape index (κ1) is 25.4. The van der Waals surface area contributed by atoms with Crippen molar-refractivity contribution in [1.82, 2.24) is 15.5 Å². The number of amides is 3. The van der Waals surface area contributed by atoms with Gasteiger partial charge in [-0.15, -0.1) is 0 Å². The van der Waals surface area contributed by atoms with Gasteiger partial charge in [-0.2, -0.15) is 0 Å². The molecule has 0 aliphatic rings.